The molecule has 15 heavy (non-hydrogen) atoms. The molecule has 0 aromatic heterocycles. The molecule has 0 amide bonds. The first-order valence-electron chi connectivity index (χ1n) is 5.95. The van der Waals surface area contributed by atoms with Gasteiger partial charge in [-0.1, -0.05) is 20.3 Å². The zero-order chi connectivity index (χ0) is 11.4. The van der Waals surface area contributed by atoms with Crippen LogP contribution in [-0.2, 0) is 9.84 Å². The van der Waals surface area contributed by atoms with Crippen LogP contribution < -0.4 is 5.32 Å². The number of sulfone groups is 1. The van der Waals surface area contributed by atoms with Gasteiger partial charge in [0.05, 0.1) is 5.75 Å². The molecular weight excluding hydrogens is 210 g/mol. The number of hydrogen-bond donors (Lipinski definition) is 1. The fraction of sp³-hybridized carbons (Fsp3) is 1.00. The second-order valence-corrected chi connectivity index (χ2v) is 7.09. The largest absolute Gasteiger partial charge is 0.315 e. The minimum absolute atomic E-state index is 0.258. The molecule has 1 aliphatic rings. The first-order chi connectivity index (χ1) is 7.04. The second-order valence-electron chi connectivity index (χ2n) is 4.62. The van der Waals surface area contributed by atoms with Crippen LogP contribution in [0.2, 0.25) is 0 Å². The average molecular weight is 233 g/mol. The summed E-state index contributed by atoms with van der Waals surface area (Å²) in [4.78, 5) is 0. The molecule has 1 rings (SSSR count). The highest BCUT2D eigenvalue weighted by Crippen LogP contribution is 2.42. The van der Waals surface area contributed by atoms with Crippen molar-refractivity contribution in [1.82, 2.24) is 5.32 Å². The summed E-state index contributed by atoms with van der Waals surface area (Å²) in [6.07, 6.45) is 5.15. The molecule has 4 heteroatoms. The molecule has 0 unspecified atom stereocenters. The molecule has 0 heterocycles. The van der Waals surface area contributed by atoms with E-state index in [1.807, 2.05) is 0 Å². The zero-order valence-electron chi connectivity index (χ0n) is 9.88. The quantitative estimate of drug-likeness (QED) is 0.679. The Labute approximate surface area is 93.6 Å². The van der Waals surface area contributed by atoms with Crippen LogP contribution in [0, 0.1) is 5.41 Å². The molecule has 0 radical (unpaired) electrons. The highest BCUT2D eigenvalue weighted by Gasteiger charge is 2.34. The van der Waals surface area contributed by atoms with E-state index in [2.05, 4.69) is 12.2 Å². The van der Waals surface area contributed by atoms with E-state index in [0.29, 0.717) is 12.0 Å². The Bertz CT molecular complexity index is 275. The summed E-state index contributed by atoms with van der Waals surface area (Å²) >= 11 is 0. The van der Waals surface area contributed by atoms with Crippen molar-refractivity contribution in [3.05, 3.63) is 0 Å². The maximum absolute atomic E-state index is 11.2. The maximum atomic E-state index is 11.2. The zero-order valence-corrected chi connectivity index (χ0v) is 10.7. The van der Waals surface area contributed by atoms with E-state index in [0.717, 1.165) is 6.54 Å². The van der Waals surface area contributed by atoms with E-state index in [-0.39, 0.29) is 11.5 Å². The summed E-state index contributed by atoms with van der Waals surface area (Å²) in [5, 5.41) is 3.29. The lowest BCUT2D eigenvalue weighted by Crippen LogP contribution is -2.40. The summed E-state index contributed by atoms with van der Waals surface area (Å²) in [5.74, 6) is 0.539. The predicted octanol–water partition coefficient (Wildman–Crippen LogP) is 1.59. The summed E-state index contributed by atoms with van der Waals surface area (Å²) in [6, 6.07) is 0. The molecule has 0 spiro atoms. The molecule has 0 aromatic carbocycles. The highest BCUT2D eigenvalue weighted by molar-refractivity contribution is 7.91. The van der Waals surface area contributed by atoms with Crippen LogP contribution in [0.3, 0.4) is 0 Å². The lowest BCUT2D eigenvalue weighted by atomic mass is 9.67. The van der Waals surface area contributed by atoms with Crippen molar-refractivity contribution in [3.8, 4) is 0 Å². The lowest BCUT2D eigenvalue weighted by molar-refractivity contribution is 0.125. The van der Waals surface area contributed by atoms with Crippen LogP contribution in [0.25, 0.3) is 0 Å². The Morgan fingerprint density at radius 2 is 1.93 bits per heavy atom. The van der Waals surface area contributed by atoms with Crippen LogP contribution in [0.15, 0.2) is 0 Å². The van der Waals surface area contributed by atoms with E-state index >= 15 is 0 Å². The smallest absolute Gasteiger partial charge is 0.151 e. The highest BCUT2D eigenvalue weighted by atomic mass is 32.2. The molecule has 0 atom stereocenters. The molecule has 0 aliphatic heterocycles. The summed E-state index contributed by atoms with van der Waals surface area (Å²) in [6.45, 7) is 5.53. The van der Waals surface area contributed by atoms with Crippen LogP contribution in [0.4, 0.5) is 0 Å². The van der Waals surface area contributed by atoms with Gasteiger partial charge in [-0.2, -0.15) is 0 Å². The van der Waals surface area contributed by atoms with Crippen molar-refractivity contribution in [3.63, 3.8) is 0 Å². The normalized spacial score (nSPS) is 19.9. The van der Waals surface area contributed by atoms with Gasteiger partial charge in [-0.05, 0) is 24.7 Å². The minimum atomic E-state index is -2.80. The maximum Gasteiger partial charge on any atom is 0.151 e. The van der Waals surface area contributed by atoms with Crippen molar-refractivity contribution in [2.45, 2.75) is 39.5 Å². The number of rotatable bonds is 7. The summed E-state index contributed by atoms with van der Waals surface area (Å²) < 4.78 is 22.5. The Balaban J connectivity index is 2.16. The van der Waals surface area contributed by atoms with Crippen molar-refractivity contribution in [1.29, 1.82) is 0 Å². The first-order valence-corrected chi connectivity index (χ1v) is 7.77. The Morgan fingerprint density at radius 3 is 2.33 bits per heavy atom. The molecule has 0 aromatic rings. The minimum Gasteiger partial charge on any atom is -0.315 e. The van der Waals surface area contributed by atoms with Crippen LogP contribution in [0.1, 0.15) is 39.5 Å². The SMILES string of the molecule is CCC1(CNCCS(=O)(=O)CC)CCC1. The van der Waals surface area contributed by atoms with Gasteiger partial charge in [-0.25, -0.2) is 8.42 Å². The van der Waals surface area contributed by atoms with E-state index in [1.165, 1.54) is 25.7 Å². The third-order valence-electron chi connectivity index (χ3n) is 3.69. The van der Waals surface area contributed by atoms with Gasteiger partial charge in [0.25, 0.3) is 0 Å². The Morgan fingerprint density at radius 1 is 1.27 bits per heavy atom. The van der Waals surface area contributed by atoms with E-state index < -0.39 is 9.84 Å². The van der Waals surface area contributed by atoms with Crippen LogP contribution in [0.5, 0.6) is 0 Å². The van der Waals surface area contributed by atoms with E-state index in [9.17, 15) is 8.42 Å². The van der Waals surface area contributed by atoms with Gasteiger partial charge < -0.3 is 5.32 Å². The molecule has 3 nitrogen and oxygen atoms in total. The van der Waals surface area contributed by atoms with E-state index in [1.54, 1.807) is 6.92 Å². The summed E-state index contributed by atoms with van der Waals surface area (Å²) in [5.41, 5.74) is 0.482. The molecule has 1 N–H and O–H groups in total. The summed E-state index contributed by atoms with van der Waals surface area (Å²) in [7, 11) is -2.80. The number of hydrogen-bond acceptors (Lipinski definition) is 3. The van der Waals surface area contributed by atoms with Crippen molar-refractivity contribution >= 4 is 9.84 Å². The third-order valence-corrected chi connectivity index (χ3v) is 5.40. The second kappa shape index (κ2) is 5.30. The molecular formula is C11H23NO2S. The molecule has 90 valence electrons. The van der Waals surface area contributed by atoms with Gasteiger partial charge in [-0.15, -0.1) is 0 Å². The standard InChI is InChI=1S/C11H23NO2S/c1-3-11(6-5-7-11)10-12-8-9-15(13,14)4-2/h12H,3-10H2,1-2H3. The Hall–Kier alpha value is -0.0900. The van der Waals surface area contributed by atoms with Gasteiger partial charge in [0.2, 0.25) is 0 Å². The fourth-order valence-electron chi connectivity index (χ4n) is 2.06. The van der Waals surface area contributed by atoms with Crippen molar-refractivity contribution < 1.29 is 8.42 Å². The number of nitrogens with one attached hydrogen (secondary N) is 1. The molecule has 0 saturated heterocycles. The van der Waals surface area contributed by atoms with Gasteiger partial charge >= 0.3 is 0 Å². The van der Waals surface area contributed by atoms with E-state index in [4.69, 9.17) is 0 Å². The molecule has 0 bridgehead atoms. The topological polar surface area (TPSA) is 46.2 Å². The van der Waals surface area contributed by atoms with Crippen LogP contribution >= 0.6 is 0 Å². The van der Waals surface area contributed by atoms with Crippen molar-refractivity contribution in [2.24, 2.45) is 5.41 Å². The van der Waals surface area contributed by atoms with Gasteiger partial charge in [-0.3, -0.25) is 0 Å². The third kappa shape index (κ3) is 3.76. The Kier molecular flexibility index (Phi) is 4.59. The van der Waals surface area contributed by atoms with Crippen molar-refractivity contribution in [2.75, 3.05) is 24.6 Å². The predicted molar refractivity (Wildman–Crippen MR) is 63.8 cm³/mol. The van der Waals surface area contributed by atoms with Crippen LogP contribution in [-0.4, -0.2) is 33.0 Å². The van der Waals surface area contributed by atoms with Gasteiger partial charge in [0, 0.05) is 18.8 Å². The molecule has 1 aliphatic carbocycles. The van der Waals surface area contributed by atoms with Gasteiger partial charge in [0.1, 0.15) is 0 Å². The lowest BCUT2D eigenvalue weighted by Gasteiger charge is -2.41. The van der Waals surface area contributed by atoms with Gasteiger partial charge in [0.15, 0.2) is 9.84 Å². The first kappa shape index (κ1) is 13.0. The molecule has 1 fully saturated rings. The monoisotopic (exact) mass is 233 g/mol. The average Bonchev–Trinajstić information content (AvgIpc) is 2.16. The molecule has 1 saturated carbocycles. The fourth-order valence-corrected chi connectivity index (χ4v) is 2.80.